The molecule has 134 valence electrons. The van der Waals surface area contributed by atoms with Crippen molar-refractivity contribution >= 4 is 39.0 Å². The Kier molecular flexibility index (Phi) is 7.13. The van der Waals surface area contributed by atoms with Crippen molar-refractivity contribution in [2.75, 3.05) is 12.4 Å². The maximum absolute atomic E-state index is 13.4. The summed E-state index contributed by atoms with van der Waals surface area (Å²) in [4.78, 5) is 0. The van der Waals surface area contributed by atoms with Crippen LogP contribution >= 0.6 is 28.1 Å². The van der Waals surface area contributed by atoms with E-state index in [1.54, 1.807) is 6.07 Å². The second kappa shape index (κ2) is 9.10. The van der Waals surface area contributed by atoms with Crippen LogP contribution in [0.1, 0.15) is 30.0 Å². The molecule has 0 aliphatic carbocycles. The first-order chi connectivity index (χ1) is 12.0. The largest absolute Gasteiger partial charge is 0.488 e. The minimum atomic E-state index is -2.62. The van der Waals surface area contributed by atoms with Crippen LogP contribution in [0.4, 0.5) is 14.5 Å². The van der Waals surface area contributed by atoms with Gasteiger partial charge >= 0.3 is 0 Å². The highest BCUT2D eigenvalue weighted by Gasteiger charge is 2.18. The van der Waals surface area contributed by atoms with Gasteiger partial charge in [-0.05, 0) is 58.3 Å². The number of ether oxygens (including phenoxy) is 2. The van der Waals surface area contributed by atoms with E-state index in [-0.39, 0.29) is 17.3 Å². The number of aryl methyl sites for hydroxylation is 1. The lowest BCUT2D eigenvalue weighted by Crippen LogP contribution is -2.14. The summed E-state index contributed by atoms with van der Waals surface area (Å²) in [6.45, 7) is 2.02. The second-order valence-corrected chi connectivity index (χ2v) is 6.42. The fraction of sp³-hybridized carbons (Fsp3) is 0.278. The van der Waals surface area contributed by atoms with Crippen LogP contribution in [0.3, 0.4) is 0 Å². The molecule has 0 aliphatic heterocycles. The van der Waals surface area contributed by atoms with Crippen LogP contribution in [0, 0.1) is 0 Å². The van der Waals surface area contributed by atoms with Gasteiger partial charge in [0.2, 0.25) is 0 Å². The van der Waals surface area contributed by atoms with Crippen LogP contribution in [0.25, 0.3) is 0 Å². The third kappa shape index (κ3) is 5.12. The van der Waals surface area contributed by atoms with E-state index < -0.39 is 6.43 Å². The van der Waals surface area contributed by atoms with E-state index in [4.69, 9.17) is 21.7 Å². The number of alkyl halides is 2. The lowest BCUT2D eigenvalue weighted by molar-refractivity contribution is 0.148. The number of anilines is 1. The highest BCUT2D eigenvalue weighted by atomic mass is 79.9. The molecule has 0 radical (unpaired) electrons. The quantitative estimate of drug-likeness (QED) is 0.581. The number of hydrogen-bond acceptors (Lipinski definition) is 3. The van der Waals surface area contributed by atoms with Gasteiger partial charge in [0.1, 0.15) is 12.4 Å². The molecule has 0 amide bonds. The molecule has 0 heterocycles. The lowest BCUT2D eigenvalue weighted by Gasteiger charge is -2.17. The number of hydrogen-bond donors (Lipinski definition) is 1. The summed E-state index contributed by atoms with van der Waals surface area (Å²) in [6, 6.07) is 10.3. The molecule has 0 saturated carbocycles. The van der Waals surface area contributed by atoms with E-state index in [0.717, 1.165) is 16.5 Å². The van der Waals surface area contributed by atoms with E-state index in [1.807, 2.05) is 18.2 Å². The molecule has 0 fully saturated rings. The number of thiocarbonyl (C=S) groups is 1. The molecule has 3 nitrogen and oxygen atoms in total. The molecule has 0 atom stereocenters. The normalized spacial score (nSPS) is 10.6. The van der Waals surface area contributed by atoms with Crippen LogP contribution < -0.4 is 10.1 Å². The van der Waals surface area contributed by atoms with Gasteiger partial charge < -0.3 is 14.8 Å². The van der Waals surface area contributed by atoms with Gasteiger partial charge in [0, 0.05) is 16.8 Å². The summed E-state index contributed by atoms with van der Waals surface area (Å²) < 4.78 is 38.2. The second-order valence-electron chi connectivity index (χ2n) is 5.20. The zero-order chi connectivity index (χ0) is 18.4. The Morgan fingerprint density at radius 2 is 2.04 bits per heavy atom. The summed E-state index contributed by atoms with van der Waals surface area (Å²) in [5, 5.41) is 2.91. The Morgan fingerprint density at radius 3 is 2.64 bits per heavy atom. The third-order valence-corrected chi connectivity index (χ3v) is 4.53. The van der Waals surface area contributed by atoms with E-state index in [1.165, 1.54) is 19.2 Å². The Labute approximate surface area is 159 Å². The van der Waals surface area contributed by atoms with Gasteiger partial charge in [-0.1, -0.05) is 25.1 Å². The van der Waals surface area contributed by atoms with Gasteiger partial charge in [0.05, 0.1) is 11.6 Å². The number of rotatable bonds is 6. The summed E-state index contributed by atoms with van der Waals surface area (Å²) in [6.07, 6.45) is -1.72. The molecule has 0 saturated heterocycles. The maximum Gasteiger partial charge on any atom is 0.264 e. The minimum absolute atomic E-state index is 0.0285. The van der Waals surface area contributed by atoms with Gasteiger partial charge in [-0.3, -0.25) is 0 Å². The molecule has 0 bridgehead atoms. The van der Waals surface area contributed by atoms with Crippen molar-refractivity contribution in [2.24, 2.45) is 0 Å². The fourth-order valence-corrected chi connectivity index (χ4v) is 2.93. The maximum atomic E-state index is 13.4. The zero-order valence-electron chi connectivity index (χ0n) is 13.8. The highest BCUT2D eigenvalue weighted by molar-refractivity contribution is 9.10. The van der Waals surface area contributed by atoms with Crippen molar-refractivity contribution in [3.05, 3.63) is 57.6 Å². The number of nitrogens with one attached hydrogen (secondary N) is 1. The summed E-state index contributed by atoms with van der Waals surface area (Å²) in [7, 11) is 1.41. The zero-order valence-corrected chi connectivity index (χ0v) is 16.2. The summed E-state index contributed by atoms with van der Waals surface area (Å²) in [5.41, 5.74) is 1.82. The topological polar surface area (TPSA) is 30.5 Å². The van der Waals surface area contributed by atoms with Crippen molar-refractivity contribution < 1.29 is 18.3 Å². The predicted molar refractivity (Wildman–Crippen MR) is 102 cm³/mol. The molecule has 0 unspecified atom stereocenters. The molecule has 1 N–H and O–H groups in total. The van der Waals surface area contributed by atoms with Crippen molar-refractivity contribution in [3.8, 4) is 5.75 Å². The molecular weight excluding hydrogens is 412 g/mol. The van der Waals surface area contributed by atoms with E-state index in [9.17, 15) is 8.78 Å². The monoisotopic (exact) mass is 429 g/mol. The molecule has 0 aliphatic rings. The fourth-order valence-electron chi connectivity index (χ4n) is 2.28. The van der Waals surface area contributed by atoms with Gasteiger partial charge in [0.15, 0.2) is 0 Å². The molecular formula is C18H18BrF2NO2S. The van der Waals surface area contributed by atoms with Crippen molar-refractivity contribution in [3.63, 3.8) is 0 Å². The number of benzene rings is 2. The van der Waals surface area contributed by atoms with Crippen molar-refractivity contribution in [1.82, 2.24) is 0 Å². The van der Waals surface area contributed by atoms with Crippen molar-refractivity contribution in [1.29, 1.82) is 0 Å². The molecule has 0 spiro atoms. The first kappa shape index (κ1) is 19.6. The van der Waals surface area contributed by atoms with Crippen LogP contribution in [0.15, 0.2) is 40.9 Å². The van der Waals surface area contributed by atoms with E-state index in [2.05, 4.69) is 28.2 Å². The predicted octanol–water partition coefficient (Wildman–Crippen LogP) is 5.87. The van der Waals surface area contributed by atoms with Gasteiger partial charge in [-0.2, -0.15) is 0 Å². The first-order valence-electron chi connectivity index (χ1n) is 7.62. The summed E-state index contributed by atoms with van der Waals surface area (Å²) in [5.74, 6) is 0.585. The lowest BCUT2D eigenvalue weighted by atomic mass is 10.1. The minimum Gasteiger partial charge on any atom is -0.488 e. The molecule has 2 rings (SSSR count). The van der Waals surface area contributed by atoms with E-state index in [0.29, 0.717) is 17.0 Å². The Bertz CT molecular complexity index is 756. The number of methoxy groups -OCH3 is 1. The Morgan fingerprint density at radius 1 is 1.28 bits per heavy atom. The molecule has 0 aromatic heterocycles. The average Bonchev–Trinajstić information content (AvgIpc) is 2.60. The Balaban J connectivity index is 2.29. The SMILES string of the molecule is CCc1ccc(OCc2c(NC(=S)OC)cccc2C(F)F)c(Br)c1. The number of halogens is 3. The summed E-state index contributed by atoms with van der Waals surface area (Å²) >= 11 is 8.41. The molecule has 2 aromatic carbocycles. The molecule has 7 heteroatoms. The third-order valence-electron chi connectivity index (χ3n) is 3.65. The Hall–Kier alpha value is -1.73. The average molecular weight is 430 g/mol. The van der Waals surface area contributed by atoms with E-state index >= 15 is 0 Å². The molecule has 2 aromatic rings. The van der Waals surface area contributed by atoms with Crippen LogP contribution in [-0.2, 0) is 17.8 Å². The van der Waals surface area contributed by atoms with Gasteiger partial charge in [-0.15, -0.1) is 0 Å². The van der Waals surface area contributed by atoms with Gasteiger partial charge in [0.25, 0.3) is 11.6 Å². The van der Waals surface area contributed by atoms with Crippen molar-refractivity contribution in [2.45, 2.75) is 26.4 Å². The molecule has 25 heavy (non-hydrogen) atoms. The standard InChI is InChI=1S/C18H18BrF2NO2S/c1-3-11-7-8-16(14(19)9-11)24-10-13-12(17(20)21)5-4-6-15(13)22-18(25)23-2/h4-9,17H,3,10H2,1-2H3,(H,22,25). The van der Waals surface area contributed by atoms with Gasteiger partial charge in [-0.25, -0.2) is 8.78 Å². The van der Waals surface area contributed by atoms with Crippen LogP contribution in [0.2, 0.25) is 0 Å². The highest BCUT2D eigenvalue weighted by Crippen LogP contribution is 2.32. The first-order valence-corrected chi connectivity index (χ1v) is 8.82. The van der Waals surface area contributed by atoms with Crippen LogP contribution in [0.5, 0.6) is 5.75 Å². The smallest absolute Gasteiger partial charge is 0.264 e. The van der Waals surface area contributed by atoms with Crippen LogP contribution in [-0.4, -0.2) is 12.3 Å².